The molecule has 0 amide bonds. The molecule has 0 fully saturated rings. The summed E-state index contributed by atoms with van der Waals surface area (Å²) in [5.41, 5.74) is 7.33. The SMILES string of the molecule is CN(Cc1csc(Br)c1)c1ccc(C(=N)N)c(Br)c1F. The summed E-state index contributed by atoms with van der Waals surface area (Å²) in [7, 11) is 1.82. The van der Waals surface area contributed by atoms with Crippen molar-refractivity contribution in [3.8, 4) is 0 Å². The fourth-order valence-corrected chi connectivity index (χ4v) is 3.58. The molecule has 20 heavy (non-hydrogen) atoms. The molecule has 1 aromatic carbocycles. The average molecular weight is 421 g/mol. The van der Waals surface area contributed by atoms with Gasteiger partial charge >= 0.3 is 0 Å². The van der Waals surface area contributed by atoms with Gasteiger partial charge in [0.25, 0.3) is 0 Å². The van der Waals surface area contributed by atoms with Gasteiger partial charge in [0.1, 0.15) is 5.84 Å². The molecule has 0 radical (unpaired) electrons. The van der Waals surface area contributed by atoms with Crippen molar-refractivity contribution >= 4 is 54.7 Å². The molecule has 0 atom stereocenters. The summed E-state index contributed by atoms with van der Waals surface area (Å²) in [5.74, 6) is -0.568. The van der Waals surface area contributed by atoms with Crippen LogP contribution in [0.4, 0.5) is 10.1 Å². The maximum absolute atomic E-state index is 14.3. The van der Waals surface area contributed by atoms with Crippen LogP contribution in [0.15, 0.2) is 31.8 Å². The van der Waals surface area contributed by atoms with E-state index in [1.54, 1.807) is 23.5 Å². The predicted octanol–water partition coefficient (Wildman–Crippen LogP) is 4.33. The van der Waals surface area contributed by atoms with Crippen molar-refractivity contribution < 1.29 is 4.39 Å². The molecule has 1 aromatic heterocycles. The van der Waals surface area contributed by atoms with Gasteiger partial charge in [-0.3, -0.25) is 5.41 Å². The zero-order chi connectivity index (χ0) is 14.9. The van der Waals surface area contributed by atoms with Crippen LogP contribution in [0.1, 0.15) is 11.1 Å². The molecule has 3 nitrogen and oxygen atoms in total. The average Bonchev–Trinajstić information content (AvgIpc) is 2.77. The molecule has 0 saturated heterocycles. The van der Waals surface area contributed by atoms with E-state index in [9.17, 15) is 4.39 Å². The van der Waals surface area contributed by atoms with E-state index in [0.717, 1.165) is 9.35 Å². The Morgan fingerprint density at radius 1 is 1.45 bits per heavy atom. The highest BCUT2D eigenvalue weighted by Gasteiger charge is 2.16. The second kappa shape index (κ2) is 6.24. The van der Waals surface area contributed by atoms with Gasteiger partial charge in [0.15, 0.2) is 5.82 Å². The smallest absolute Gasteiger partial charge is 0.161 e. The van der Waals surface area contributed by atoms with Crippen molar-refractivity contribution in [3.05, 3.63) is 48.8 Å². The lowest BCUT2D eigenvalue weighted by Crippen LogP contribution is -2.19. The number of halogens is 3. The number of hydrogen-bond donors (Lipinski definition) is 2. The van der Waals surface area contributed by atoms with E-state index < -0.39 is 5.82 Å². The van der Waals surface area contributed by atoms with E-state index in [-0.39, 0.29) is 10.3 Å². The highest BCUT2D eigenvalue weighted by Crippen LogP contribution is 2.30. The Morgan fingerprint density at radius 3 is 2.70 bits per heavy atom. The Kier molecular flexibility index (Phi) is 4.82. The summed E-state index contributed by atoms with van der Waals surface area (Å²) in [6, 6.07) is 5.29. The Morgan fingerprint density at radius 2 is 2.15 bits per heavy atom. The van der Waals surface area contributed by atoms with Crippen LogP contribution in [-0.4, -0.2) is 12.9 Å². The molecule has 2 rings (SSSR count). The minimum Gasteiger partial charge on any atom is -0.384 e. The number of benzene rings is 1. The van der Waals surface area contributed by atoms with Gasteiger partial charge in [0, 0.05) is 19.2 Å². The van der Waals surface area contributed by atoms with Crippen LogP contribution >= 0.6 is 43.2 Å². The maximum Gasteiger partial charge on any atom is 0.161 e. The van der Waals surface area contributed by atoms with Gasteiger partial charge < -0.3 is 10.6 Å². The molecule has 7 heteroatoms. The first kappa shape index (κ1) is 15.5. The van der Waals surface area contributed by atoms with Crippen molar-refractivity contribution in [2.24, 2.45) is 5.73 Å². The second-order valence-electron chi connectivity index (χ2n) is 4.29. The van der Waals surface area contributed by atoms with Crippen LogP contribution in [0.5, 0.6) is 0 Å². The van der Waals surface area contributed by atoms with E-state index in [4.69, 9.17) is 11.1 Å². The lowest BCUT2D eigenvalue weighted by molar-refractivity contribution is 0.615. The Labute approximate surface area is 137 Å². The summed E-state index contributed by atoms with van der Waals surface area (Å²) < 4.78 is 15.6. The number of anilines is 1. The largest absolute Gasteiger partial charge is 0.384 e. The highest BCUT2D eigenvalue weighted by atomic mass is 79.9. The van der Waals surface area contributed by atoms with E-state index in [1.165, 1.54) is 0 Å². The van der Waals surface area contributed by atoms with E-state index in [0.29, 0.717) is 17.8 Å². The van der Waals surface area contributed by atoms with E-state index >= 15 is 0 Å². The molecule has 3 N–H and O–H groups in total. The number of nitrogens with two attached hydrogens (primary N) is 1. The number of nitrogens with one attached hydrogen (secondary N) is 1. The summed E-state index contributed by atoms with van der Waals surface area (Å²) in [4.78, 5) is 1.82. The van der Waals surface area contributed by atoms with E-state index in [1.807, 2.05) is 23.4 Å². The monoisotopic (exact) mass is 419 g/mol. The highest BCUT2D eigenvalue weighted by molar-refractivity contribution is 9.11. The fraction of sp³-hybridized carbons (Fsp3) is 0.154. The molecule has 0 spiro atoms. The van der Waals surface area contributed by atoms with Crippen LogP contribution in [0.3, 0.4) is 0 Å². The van der Waals surface area contributed by atoms with Crippen molar-refractivity contribution in [2.75, 3.05) is 11.9 Å². The Bertz CT molecular complexity index is 657. The van der Waals surface area contributed by atoms with Crippen LogP contribution in [0, 0.1) is 11.2 Å². The second-order valence-corrected chi connectivity index (χ2v) is 7.37. The number of nitrogens with zero attached hydrogens (tertiary/aromatic N) is 1. The zero-order valence-electron chi connectivity index (χ0n) is 10.6. The topological polar surface area (TPSA) is 53.1 Å². The number of thiophene rings is 1. The lowest BCUT2D eigenvalue weighted by atomic mass is 10.1. The zero-order valence-corrected chi connectivity index (χ0v) is 14.6. The molecule has 0 aliphatic carbocycles. The lowest BCUT2D eigenvalue weighted by Gasteiger charge is -2.20. The fourth-order valence-electron chi connectivity index (χ4n) is 1.83. The molecule has 0 bridgehead atoms. The van der Waals surface area contributed by atoms with Gasteiger partial charge in [-0.1, -0.05) is 0 Å². The molecule has 0 saturated carbocycles. The Hall–Kier alpha value is -0.920. The van der Waals surface area contributed by atoms with Crippen molar-refractivity contribution in [1.29, 1.82) is 5.41 Å². The van der Waals surface area contributed by atoms with Gasteiger partial charge in [-0.15, -0.1) is 11.3 Å². The third kappa shape index (κ3) is 3.21. The molecule has 1 heterocycles. The number of nitrogen functional groups attached to an aromatic ring is 1. The normalized spacial score (nSPS) is 10.6. The molecule has 2 aromatic rings. The first-order valence-corrected chi connectivity index (χ1v) is 8.13. The summed E-state index contributed by atoms with van der Waals surface area (Å²) in [6.07, 6.45) is 0. The van der Waals surface area contributed by atoms with E-state index in [2.05, 4.69) is 31.9 Å². The van der Waals surface area contributed by atoms with Crippen molar-refractivity contribution in [3.63, 3.8) is 0 Å². The molecule has 106 valence electrons. The van der Waals surface area contributed by atoms with Crippen molar-refractivity contribution in [1.82, 2.24) is 0 Å². The standard InChI is InChI=1S/C13H12Br2FN3S/c1-19(5-7-4-10(14)20-6-7)9-3-2-8(13(17)18)11(15)12(9)16/h2-4,6H,5H2,1H3,(H3,17,18). The minimum absolute atomic E-state index is 0.160. The first-order valence-electron chi connectivity index (χ1n) is 5.66. The van der Waals surface area contributed by atoms with Gasteiger partial charge in [-0.2, -0.15) is 0 Å². The maximum atomic E-state index is 14.3. The predicted molar refractivity (Wildman–Crippen MR) is 89.2 cm³/mol. The quantitative estimate of drug-likeness (QED) is 0.571. The van der Waals surface area contributed by atoms with Crippen LogP contribution in [0.25, 0.3) is 0 Å². The molecule has 0 unspecified atom stereocenters. The Balaban J connectivity index is 2.28. The summed E-state index contributed by atoms with van der Waals surface area (Å²) >= 11 is 8.17. The van der Waals surface area contributed by atoms with Gasteiger partial charge in [0.05, 0.1) is 13.9 Å². The van der Waals surface area contributed by atoms with Crippen LogP contribution in [-0.2, 0) is 6.54 Å². The molecular weight excluding hydrogens is 409 g/mol. The summed E-state index contributed by atoms with van der Waals surface area (Å²) in [6.45, 7) is 0.602. The molecule has 0 aliphatic heterocycles. The summed E-state index contributed by atoms with van der Waals surface area (Å²) in [5, 5.41) is 9.42. The molecule has 0 aliphatic rings. The molecular formula is C13H12Br2FN3S. The van der Waals surface area contributed by atoms with Gasteiger partial charge in [-0.05, 0) is 61.0 Å². The van der Waals surface area contributed by atoms with Gasteiger partial charge in [-0.25, -0.2) is 4.39 Å². The minimum atomic E-state index is -0.408. The van der Waals surface area contributed by atoms with Crippen LogP contribution < -0.4 is 10.6 Å². The third-order valence-corrected chi connectivity index (χ3v) is 5.13. The van der Waals surface area contributed by atoms with Gasteiger partial charge in [0.2, 0.25) is 0 Å². The van der Waals surface area contributed by atoms with Crippen LogP contribution in [0.2, 0.25) is 0 Å². The number of amidine groups is 1. The third-order valence-electron chi connectivity index (χ3n) is 2.80. The number of rotatable bonds is 4. The first-order chi connectivity index (χ1) is 9.40. The number of hydrogen-bond acceptors (Lipinski definition) is 3. The van der Waals surface area contributed by atoms with Crippen molar-refractivity contribution in [2.45, 2.75) is 6.54 Å².